The lowest BCUT2D eigenvalue weighted by atomic mass is 9.86. The lowest BCUT2D eigenvalue weighted by molar-refractivity contribution is -0.141. The van der Waals surface area contributed by atoms with Gasteiger partial charge in [-0.2, -0.15) is 0 Å². The highest BCUT2D eigenvalue weighted by molar-refractivity contribution is 7.13. The second kappa shape index (κ2) is 14.0. The second-order valence-electron chi connectivity index (χ2n) is 13.7. The lowest BCUT2D eigenvalue weighted by Gasteiger charge is -2.40. The zero-order valence-electron chi connectivity index (χ0n) is 27.1. The molecule has 0 radical (unpaired) electrons. The zero-order chi connectivity index (χ0) is 31.5. The Morgan fingerprint density at radius 1 is 1.07 bits per heavy atom. The van der Waals surface area contributed by atoms with Crippen molar-refractivity contribution in [3.63, 3.8) is 0 Å². The Morgan fingerprint density at radius 2 is 1.80 bits per heavy atom. The average molecular weight is 633 g/mol. The molecule has 3 aliphatic rings. The summed E-state index contributed by atoms with van der Waals surface area (Å²) in [6.07, 6.45) is 6.65. The van der Waals surface area contributed by atoms with Crippen LogP contribution in [0, 0.1) is 24.7 Å². The number of hydrogen-bond donors (Lipinski definition) is 2. The van der Waals surface area contributed by atoms with Gasteiger partial charge in [0.05, 0.1) is 22.1 Å². The largest absolute Gasteiger partial charge is 0.358 e. The van der Waals surface area contributed by atoms with Gasteiger partial charge < -0.3 is 25.0 Å². The Balaban J connectivity index is 1.04. The smallest absolute Gasteiger partial charge is 0.243 e. The molecule has 2 N–H and O–H groups in total. The summed E-state index contributed by atoms with van der Waals surface area (Å²) in [7, 11) is 0. The quantitative estimate of drug-likeness (QED) is 0.270. The third-order valence-electron chi connectivity index (χ3n) is 10.1. The summed E-state index contributed by atoms with van der Waals surface area (Å²) in [5, 5.41) is 11.0. The SMILES string of the molecule is Cc1ncsc1-c1ccc(C(C)NC(=O)C2CCCN2C(=O)C(c2cc(N3CC(CCC4CCNCC4)C3)no2)C(C)C)cc1. The second-order valence-corrected chi connectivity index (χ2v) is 14.5. The fourth-order valence-corrected chi connectivity index (χ4v) is 8.08. The monoisotopic (exact) mass is 632 g/mol. The van der Waals surface area contributed by atoms with Crippen LogP contribution < -0.4 is 15.5 Å². The normalized spacial score (nSPS) is 20.8. The minimum Gasteiger partial charge on any atom is -0.358 e. The number of carbonyl (C=O) groups excluding carboxylic acids is 2. The molecule has 5 heterocycles. The van der Waals surface area contributed by atoms with Gasteiger partial charge in [-0.05, 0) is 94.3 Å². The molecule has 0 spiro atoms. The number of amides is 2. The molecule has 0 saturated carbocycles. The summed E-state index contributed by atoms with van der Waals surface area (Å²) in [4.78, 5) is 37.1. The summed E-state index contributed by atoms with van der Waals surface area (Å²) in [6, 6.07) is 9.57. The Morgan fingerprint density at radius 3 is 2.49 bits per heavy atom. The highest BCUT2D eigenvalue weighted by atomic mass is 32.1. The van der Waals surface area contributed by atoms with E-state index in [0.29, 0.717) is 24.6 Å². The van der Waals surface area contributed by atoms with Crippen molar-refractivity contribution in [3.8, 4) is 10.4 Å². The molecule has 2 aromatic heterocycles. The zero-order valence-corrected chi connectivity index (χ0v) is 27.9. The third kappa shape index (κ3) is 7.12. The van der Waals surface area contributed by atoms with E-state index in [1.165, 1.54) is 25.7 Å². The van der Waals surface area contributed by atoms with Gasteiger partial charge in [-0.15, -0.1) is 11.3 Å². The first-order valence-corrected chi connectivity index (χ1v) is 17.7. The number of nitrogens with one attached hydrogen (secondary N) is 2. The van der Waals surface area contributed by atoms with Crippen molar-refractivity contribution in [2.24, 2.45) is 17.8 Å². The van der Waals surface area contributed by atoms with Crippen LogP contribution in [0.25, 0.3) is 10.4 Å². The minimum absolute atomic E-state index is 0.0105. The van der Waals surface area contributed by atoms with Crippen LogP contribution >= 0.6 is 11.3 Å². The summed E-state index contributed by atoms with van der Waals surface area (Å²) in [6.45, 7) is 13.0. The van der Waals surface area contributed by atoms with Gasteiger partial charge in [0.2, 0.25) is 11.8 Å². The Hall–Kier alpha value is -3.24. The van der Waals surface area contributed by atoms with Crippen molar-refractivity contribution < 1.29 is 14.1 Å². The van der Waals surface area contributed by atoms with Gasteiger partial charge >= 0.3 is 0 Å². The Labute approximate surface area is 271 Å². The van der Waals surface area contributed by atoms with Crippen LogP contribution in [0.3, 0.4) is 0 Å². The predicted molar refractivity (Wildman–Crippen MR) is 178 cm³/mol. The first kappa shape index (κ1) is 31.7. The van der Waals surface area contributed by atoms with Crippen LogP contribution in [0.2, 0.25) is 0 Å². The van der Waals surface area contributed by atoms with E-state index >= 15 is 0 Å². The minimum atomic E-state index is -0.487. The molecule has 3 aromatic rings. The molecular weight excluding hydrogens is 584 g/mol. The van der Waals surface area contributed by atoms with Crippen LogP contribution in [0.1, 0.15) is 88.3 Å². The summed E-state index contributed by atoms with van der Waals surface area (Å²) in [5.41, 5.74) is 5.04. The van der Waals surface area contributed by atoms with Gasteiger partial charge in [0.15, 0.2) is 11.6 Å². The van der Waals surface area contributed by atoms with Crippen LogP contribution in [0.4, 0.5) is 5.82 Å². The predicted octanol–water partition coefficient (Wildman–Crippen LogP) is 5.93. The number of nitrogens with zero attached hydrogens (tertiary/aromatic N) is 4. The molecule has 3 aliphatic heterocycles. The van der Waals surface area contributed by atoms with Crippen LogP contribution in [-0.4, -0.2) is 65.6 Å². The number of carbonyl (C=O) groups is 2. The average Bonchev–Trinajstić information content (AvgIpc) is 3.79. The number of aromatic nitrogens is 2. The van der Waals surface area contributed by atoms with Crippen molar-refractivity contribution >= 4 is 29.0 Å². The topological polar surface area (TPSA) is 104 Å². The Bertz CT molecular complexity index is 1440. The van der Waals surface area contributed by atoms with Crippen LogP contribution in [0.5, 0.6) is 0 Å². The number of thiazole rings is 1. The van der Waals surface area contributed by atoms with E-state index in [1.54, 1.807) is 16.2 Å². The lowest BCUT2D eigenvalue weighted by Crippen LogP contribution is -2.48. The highest BCUT2D eigenvalue weighted by Crippen LogP contribution is 2.35. The number of rotatable bonds is 11. The summed E-state index contributed by atoms with van der Waals surface area (Å²) >= 11 is 1.63. The van der Waals surface area contributed by atoms with E-state index in [-0.39, 0.29) is 23.8 Å². The summed E-state index contributed by atoms with van der Waals surface area (Å²) in [5.74, 6) is 2.36. The number of likely N-dealkylation sites (tertiary alicyclic amines) is 1. The van der Waals surface area contributed by atoms with E-state index in [4.69, 9.17) is 4.52 Å². The maximum atomic E-state index is 14.0. The van der Waals surface area contributed by atoms with E-state index in [1.807, 2.05) is 39.3 Å². The molecule has 3 saturated heterocycles. The molecule has 45 heavy (non-hydrogen) atoms. The van der Waals surface area contributed by atoms with Gasteiger partial charge in [-0.1, -0.05) is 43.3 Å². The van der Waals surface area contributed by atoms with Gasteiger partial charge in [-0.3, -0.25) is 9.59 Å². The number of piperidine rings is 1. The summed E-state index contributed by atoms with van der Waals surface area (Å²) < 4.78 is 5.83. The molecule has 3 fully saturated rings. The maximum absolute atomic E-state index is 14.0. The first-order chi connectivity index (χ1) is 21.8. The molecule has 9 nitrogen and oxygen atoms in total. The van der Waals surface area contributed by atoms with E-state index in [2.05, 4.69) is 49.9 Å². The van der Waals surface area contributed by atoms with Gasteiger partial charge in [0.25, 0.3) is 0 Å². The van der Waals surface area contributed by atoms with Crippen LogP contribution in [-0.2, 0) is 9.59 Å². The highest BCUT2D eigenvalue weighted by Gasteiger charge is 2.41. The molecule has 3 unspecified atom stereocenters. The van der Waals surface area contributed by atoms with Gasteiger partial charge in [0.1, 0.15) is 12.0 Å². The third-order valence-corrected chi connectivity index (χ3v) is 11.1. The molecule has 242 valence electrons. The fraction of sp³-hybridized carbons (Fsp3) is 0.600. The number of hydrogen-bond acceptors (Lipinski definition) is 8. The first-order valence-electron chi connectivity index (χ1n) is 16.8. The molecule has 6 rings (SSSR count). The standard InChI is InChI=1S/C35H48N6O3S/c1-22(2)32(30-18-31(39-44-30)40-19-26(20-40)8-7-25-13-15-36-16-14-25)35(43)41-17-5-6-29(41)34(42)38-23(3)27-9-11-28(12-10-27)33-24(4)37-21-45-33/h9-12,18,21-23,25-26,29,32,36H,5-8,13-17,19-20H2,1-4H3,(H,38,42). The van der Waals surface area contributed by atoms with Gasteiger partial charge in [-0.25, -0.2) is 4.98 Å². The van der Waals surface area contributed by atoms with E-state index < -0.39 is 12.0 Å². The molecular formula is C35H48N6O3S. The molecule has 10 heteroatoms. The fourth-order valence-electron chi connectivity index (χ4n) is 7.27. The maximum Gasteiger partial charge on any atom is 0.243 e. The molecule has 0 aliphatic carbocycles. The molecule has 0 bridgehead atoms. The van der Waals surface area contributed by atoms with Crippen molar-refractivity contribution in [3.05, 3.63) is 52.9 Å². The van der Waals surface area contributed by atoms with Gasteiger partial charge in [0, 0.05) is 25.7 Å². The number of benzene rings is 1. The number of anilines is 1. The molecule has 1 aromatic carbocycles. The Kier molecular flexibility index (Phi) is 9.90. The molecule has 3 atom stereocenters. The van der Waals surface area contributed by atoms with Crippen molar-refractivity contribution in [1.29, 1.82) is 0 Å². The van der Waals surface area contributed by atoms with E-state index in [9.17, 15) is 9.59 Å². The van der Waals surface area contributed by atoms with Crippen molar-refractivity contribution in [2.45, 2.75) is 84.2 Å². The van der Waals surface area contributed by atoms with Crippen LogP contribution in [0.15, 0.2) is 40.4 Å². The van der Waals surface area contributed by atoms with Crippen molar-refractivity contribution in [2.75, 3.05) is 37.6 Å². The van der Waals surface area contributed by atoms with E-state index in [0.717, 1.165) is 66.0 Å². The number of aryl methyl sites for hydroxylation is 1. The van der Waals surface area contributed by atoms with Crippen molar-refractivity contribution in [1.82, 2.24) is 25.7 Å². The molecule has 2 amide bonds.